The minimum absolute atomic E-state index is 0.0540. The summed E-state index contributed by atoms with van der Waals surface area (Å²) in [6.07, 6.45) is 3.45. The number of hydrogen-bond donors (Lipinski definition) is 0. The first-order chi connectivity index (χ1) is 12.7. The van der Waals surface area contributed by atoms with E-state index in [1.807, 2.05) is 24.3 Å². The number of rotatable bonds is 4. The molecule has 2 aromatic heterocycles. The zero-order valence-corrected chi connectivity index (χ0v) is 14.6. The first-order valence-corrected chi connectivity index (χ1v) is 8.54. The number of hydrogen-bond acceptors (Lipinski definition) is 7. The summed E-state index contributed by atoms with van der Waals surface area (Å²) in [5, 5.41) is 5.88. The predicted octanol–water partition coefficient (Wildman–Crippen LogP) is 0.975. The van der Waals surface area contributed by atoms with Crippen LogP contribution in [0.25, 0.3) is 10.8 Å². The van der Waals surface area contributed by atoms with E-state index >= 15 is 0 Å². The zero-order valence-electron chi connectivity index (χ0n) is 14.6. The number of aromatic nitrogens is 4. The molecular formula is C18H20N6O2. The van der Waals surface area contributed by atoms with E-state index in [0.29, 0.717) is 23.9 Å². The Kier molecular flexibility index (Phi) is 4.49. The topological polar surface area (TPSA) is 76.4 Å². The van der Waals surface area contributed by atoms with E-state index in [2.05, 4.69) is 24.9 Å². The molecule has 0 N–H and O–H groups in total. The summed E-state index contributed by atoms with van der Waals surface area (Å²) in [6.45, 7) is 3.67. The largest absolute Gasteiger partial charge is 0.481 e. The van der Waals surface area contributed by atoms with Crippen molar-refractivity contribution in [3.05, 3.63) is 53.1 Å². The second-order valence-corrected chi connectivity index (χ2v) is 6.18. The lowest BCUT2D eigenvalue weighted by atomic mass is 10.2. The third-order valence-corrected chi connectivity index (χ3v) is 4.58. The first-order valence-electron chi connectivity index (χ1n) is 8.54. The van der Waals surface area contributed by atoms with Crippen molar-refractivity contribution in [3.63, 3.8) is 0 Å². The van der Waals surface area contributed by atoms with Crippen molar-refractivity contribution in [1.82, 2.24) is 24.6 Å². The second kappa shape index (κ2) is 7.09. The number of ether oxygens (including phenoxy) is 1. The molecule has 1 fully saturated rings. The Balaban J connectivity index is 1.44. The van der Waals surface area contributed by atoms with Crippen molar-refractivity contribution in [2.45, 2.75) is 6.67 Å². The van der Waals surface area contributed by atoms with Crippen molar-refractivity contribution >= 4 is 16.7 Å². The van der Waals surface area contributed by atoms with Gasteiger partial charge in [0.25, 0.3) is 5.56 Å². The molecule has 0 spiro atoms. The molecule has 134 valence electrons. The van der Waals surface area contributed by atoms with Crippen LogP contribution in [0.2, 0.25) is 0 Å². The van der Waals surface area contributed by atoms with Crippen molar-refractivity contribution in [1.29, 1.82) is 0 Å². The van der Waals surface area contributed by atoms with Gasteiger partial charge in [0.2, 0.25) is 11.8 Å². The van der Waals surface area contributed by atoms with Gasteiger partial charge in [-0.3, -0.25) is 9.69 Å². The average molecular weight is 352 g/mol. The molecule has 1 aromatic carbocycles. The summed E-state index contributed by atoms with van der Waals surface area (Å²) < 4.78 is 6.69. The normalized spacial score (nSPS) is 15.3. The maximum absolute atomic E-state index is 12.6. The maximum atomic E-state index is 12.6. The van der Waals surface area contributed by atoms with E-state index in [-0.39, 0.29) is 5.56 Å². The van der Waals surface area contributed by atoms with Crippen molar-refractivity contribution in [2.24, 2.45) is 0 Å². The molecule has 0 aliphatic carbocycles. The lowest BCUT2D eigenvalue weighted by Crippen LogP contribution is -2.48. The minimum atomic E-state index is -0.0540. The van der Waals surface area contributed by atoms with Gasteiger partial charge in [-0.2, -0.15) is 10.1 Å². The average Bonchev–Trinajstić information content (AvgIpc) is 2.71. The Morgan fingerprint density at radius 3 is 2.73 bits per heavy atom. The number of benzene rings is 1. The highest BCUT2D eigenvalue weighted by molar-refractivity contribution is 5.80. The van der Waals surface area contributed by atoms with Crippen molar-refractivity contribution in [3.8, 4) is 5.88 Å². The van der Waals surface area contributed by atoms with Crippen LogP contribution in [0.3, 0.4) is 0 Å². The lowest BCUT2D eigenvalue weighted by molar-refractivity contribution is 0.191. The Morgan fingerprint density at radius 2 is 1.92 bits per heavy atom. The van der Waals surface area contributed by atoms with Gasteiger partial charge in [0.15, 0.2) is 0 Å². The number of methoxy groups -OCH3 is 1. The molecule has 0 saturated carbocycles. The molecule has 0 bridgehead atoms. The highest BCUT2D eigenvalue weighted by atomic mass is 16.5. The fourth-order valence-electron chi connectivity index (χ4n) is 3.11. The first kappa shape index (κ1) is 16.5. The SMILES string of the molecule is COc1ccnc(N2CCN(Cn3ncc4ccccc4c3=O)CC2)n1. The van der Waals surface area contributed by atoms with Gasteiger partial charge in [0.1, 0.15) is 0 Å². The summed E-state index contributed by atoms with van der Waals surface area (Å²) in [5.41, 5.74) is -0.0540. The van der Waals surface area contributed by atoms with Crippen LogP contribution in [-0.2, 0) is 6.67 Å². The second-order valence-electron chi connectivity index (χ2n) is 6.18. The van der Waals surface area contributed by atoms with E-state index in [9.17, 15) is 4.79 Å². The Labute approximate surface area is 150 Å². The molecule has 0 atom stereocenters. The quantitative estimate of drug-likeness (QED) is 0.692. The van der Waals surface area contributed by atoms with Crippen LogP contribution in [0.5, 0.6) is 5.88 Å². The van der Waals surface area contributed by atoms with E-state index in [4.69, 9.17) is 4.74 Å². The van der Waals surface area contributed by atoms with Crippen molar-refractivity contribution < 1.29 is 4.74 Å². The van der Waals surface area contributed by atoms with Gasteiger partial charge in [-0.15, -0.1) is 0 Å². The monoisotopic (exact) mass is 352 g/mol. The molecular weight excluding hydrogens is 332 g/mol. The summed E-state index contributed by atoms with van der Waals surface area (Å²) >= 11 is 0. The summed E-state index contributed by atoms with van der Waals surface area (Å²) in [7, 11) is 1.60. The van der Waals surface area contributed by atoms with Crippen LogP contribution in [0.15, 0.2) is 47.5 Å². The number of anilines is 1. The van der Waals surface area contributed by atoms with Gasteiger partial charge in [-0.05, 0) is 6.07 Å². The summed E-state index contributed by atoms with van der Waals surface area (Å²) in [6, 6.07) is 9.26. The van der Waals surface area contributed by atoms with Crippen LogP contribution in [-0.4, -0.2) is 57.9 Å². The molecule has 1 aliphatic rings. The number of nitrogens with zero attached hydrogens (tertiary/aromatic N) is 6. The van der Waals surface area contributed by atoms with E-state index in [0.717, 1.165) is 31.6 Å². The van der Waals surface area contributed by atoms with E-state index < -0.39 is 0 Å². The molecule has 0 radical (unpaired) electrons. The van der Waals surface area contributed by atoms with Crippen LogP contribution >= 0.6 is 0 Å². The van der Waals surface area contributed by atoms with Crippen molar-refractivity contribution in [2.75, 3.05) is 38.2 Å². The van der Waals surface area contributed by atoms with Gasteiger partial charge < -0.3 is 9.64 Å². The lowest BCUT2D eigenvalue weighted by Gasteiger charge is -2.34. The zero-order chi connectivity index (χ0) is 17.9. The standard InChI is InChI=1S/C18H20N6O2/c1-26-16-6-7-19-18(21-16)23-10-8-22(9-11-23)13-24-17(25)15-5-3-2-4-14(15)12-20-24/h2-7,12H,8-11,13H2,1H3. The molecule has 26 heavy (non-hydrogen) atoms. The molecule has 8 nitrogen and oxygen atoms in total. The molecule has 0 amide bonds. The summed E-state index contributed by atoms with van der Waals surface area (Å²) in [4.78, 5) is 25.6. The molecule has 3 heterocycles. The third-order valence-electron chi connectivity index (χ3n) is 4.58. The Hall–Kier alpha value is -3.00. The third kappa shape index (κ3) is 3.23. The van der Waals surface area contributed by atoms with Gasteiger partial charge in [0, 0.05) is 43.8 Å². The number of piperazine rings is 1. The van der Waals surface area contributed by atoms with Crippen LogP contribution < -0.4 is 15.2 Å². The van der Waals surface area contributed by atoms with Gasteiger partial charge in [-0.1, -0.05) is 18.2 Å². The van der Waals surface area contributed by atoms with Crippen LogP contribution in [0, 0.1) is 0 Å². The highest BCUT2D eigenvalue weighted by Gasteiger charge is 2.20. The predicted molar refractivity (Wildman–Crippen MR) is 98.4 cm³/mol. The molecule has 8 heteroatoms. The van der Waals surface area contributed by atoms with Gasteiger partial charge in [-0.25, -0.2) is 9.67 Å². The van der Waals surface area contributed by atoms with Crippen LogP contribution in [0.1, 0.15) is 0 Å². The molecule has 1 saturated heterocycles. The van der Waals surface area contributed by atoms with Gasteiger partial charge >= 0.3 is 0 Å². The summed E-state index contributed by atoms with van der Waals surface area (Å²) in [5.74, 6) is 1.23. The van der Waals surface area contributed by atoms with E-state index in [1.165, 1.54) is 4.68 Å². The molecule has 4 rings (SSSR count). The highest BCUT2D eigenvalue weighted by Crippen LogP contribution is 2.14. The molecule has 1 aliphatic heterocycles. The minimum Gasteiger partial charge on any atom is -0.481 e. The molecule has 3 aromatic rings. The Bertz CT molecular complexity index is 965. The van der Waals surface area contributed by atoms with Gasteiger partial charge in [0.05, 0.1) is 25.4 Å². The smallest absolute Gasteiger partial charge is 0.275 e. The van der Waals surface area contributed by atoms with E-state index in [1.54, 1.807) is 25.6 Å². The fraction of sp³-hybridized carbons (Fsp3) is 0.333. The molecule has 0 unspecified atom stereocenters. The van der Waals surface area contributed by atoms with Crippen LogP contribution in [0.4, 0.5) is 5.95 Å². The fourth-order valence-corrected chi connectivity index (χ4v) is 3.11. The Morgan fingerprint density at radius 1 is 1.12 bits per heavy atom. The number of fused-ring (bicyclic) bond motifs is 1. The maximum Gasteiger partial charge on any atom is 0.275 e.